The minimum atomic E-state index is -0.118. The number of ether oxygens (including phenoxy) is 2. The topological polar surface area (TPSA) is 52.6 Å². The molecular weight excluding hydrogens is 669 g/mol. The fraction of sp³-hybridized carbons (Fsp3) is 0.875. The Morgan fingerprint density at radius 1 is 0.370 bits per heavy atom. The number of hydrogen-bond acceptors (Lipinski definition) is 4. The van der Waals surface area contributed by atoms with Gasteiger partial charge in [0.15, 0.2) is 0 Å². The lowest BCUT2D eigenvalue weighted by atomic mass is 10.1. The van der Waals surface area contributed by atoms with Crippen LogP contribution in [0.15, 0.2) is 24.3 Å². The molecule has 0 aromatic carbocycles. The molecule has 0 bridgehead atoms. The number of quaternary nitrogens is 2. The van der Waals surface area contributed by atoms with E-state index in [1.165, 1.54) is 194 Å². The number of methoxy groups -OCH3 is 2. The summed E-state index contributed by atoms with van der Waals surface area (Å²) in [4.78, 5) is 24.3. The molecule has 0 aromatic heterocycles. The molecular formula is C48H94N2O4+2. The minimum Gasteiger partial charge on any atom is -0.469 e. The highest BCUT2D eigenvalue weighted by Crippen LogP contribution is 2.17. The highest BCUT2D eigenvalue weighted by Gasteiger charge is 2.30. The summed E-state index contributed by atoms with van der Waals surface area (Å²) in [5.41, 5.74) is 0. The highest BCUT2D eigenvalue weighted by molar-refractivity contribution is 5.69. The van der Waals surface area contributed by atoms with Gasteiger partial charge in [-0.2, -0.15) is 0 Å². The molecule has 54 heavy (non-hydrogen) atoms. The van der Waals surface area contributed by atoms with Crippen LogP contribution < -0.4 is 0 Å². The van der Waals surface area contributed by atoms with Crippen LogP contribution in [-0.4, -0.2) is 88.5 Å². The molecule has 0 aromatic rings. The number of allylic oxidation sites excluding steroid dienone is 4. The number of likely N-dealkylation sites (N-methyl/N-ethyl adjacent to an activating group) is 2. The first kappa shape index (κ1) is 52.3. The predicted octanol–water partition coefficient (Wildman–Crippen LogP) is 13.1. The number of rotatable bonds is 41. The van der Waals surface area contributed by atoms with Gasteiger partial charge in [0, 0.05) is 0 Å². The van der Waals surface area contributed by atoms with Gasteiger partial charge in [-0.3, -0.25) is 9.59 Å². The second-order valence-electron chi connectivity index (χ2n) is 17.1. The molecule has 0 heterocycles. The summed E-state index contributed by atoms with van der Waals surface area (Å²) >= 11 is 0. The SMILES string of the molecule is CCCCCCCCC=CCCCCCCCC[N+](C)(CCC(=O)OC)CC[N+](C)(CCCCCCCCC=CCCCCCCCC)CCC(=O)OC. The zero-order chi connectivity index (χ0) is 39.9. The van der Waals surface area contributed by atoms with Crippen molar-refractivity contribution in [1.29, 1.82) is 0 Å². The molecule has 0 saturated carbocycles. The van der Waals surface area contributed by atoms with E-state index in [-0.39, 0.29) is 11.9 Å². The Morgan fingerprint density at radius 2 is 0.630 bits per heavy atom. The standard InChI is InChI=1S/C48H94N2O4/c1-7-9-11-13-15-17-19-21-23-25-27-29-31-33-35-37-41-49(3,43-39-47(51)53-5)45-46-50(4,44-40-48(52)54-6)42-38-36-34-32-30-28-26-24-22-20-18-16-14-12-10-8-2/h21-24H,7-20,25-46H2,1-6H3/q+2. The van der Waals surface area contributed by atoms with Crippen molar-refractivity contribution in [2.45, 2.75) is 206 Å². The number of nitrogens with zero attached hydrogens (tertiary/aromatic N) is 2. The van der Waals surface area contributed by atoms with Crippen molar-refractivity contribution in [2.75, 3.05) is 67.6 Å². The van der Waals surface area contributed by atoms with Crippen LogP contribution in [0.3, 0.4) is 0 Å². The van der Waals surface area contributed by atoms with Crippen molar-refractivity contribution < 1.29 is 28.0 Å². The van der Waals surface area contributed by atoms with Gasteiger partial charge in [0.1, 0.15) is 13.1 Å². The normalized spacial score (nSPS) is 14.1. The lowest BCUT2D eigenvalue weighted by molar-refractivity contribution is -0.963. The van der Waals surface area contributed by atoms with Crippen LogP contribution in [0, 0.1) is 0 Å². The Labute approximate surface area is 337 Å². The van der Waals surface area contributed by atoms with E-state index >= 15 is 0 Å². The molecule has 0 fully saturated rings. The first-order valence-corrected chi connectivity index (χ1v) is 23.3. The van der Waals surface area contributed by atoms with Gasteiger partial charge in [-0.05, 0) is 77.0 Å². The number of carbonyl (C=O) groups is 2. The summed E-state index contributed by atoms with van der Waals surface area (Å²) in [7, 11) is 7.64. The zero-order valence-corrected chi connectivity index (χ0v) is 37.3. The van der Waals surface area contributed by atoms with E-state index in [0.29, 0.717) is 12.8 Å². The van der Waals surface area contributed by atoms with E-state index in [4.69, 9.17) is 9.47 Å². The molecule has 0 aliphatic carbocycles. The van der Waals surface area contributed by atoms with Gasteiger partial charge in [-0.15, -0.1) is 0 Å². The van der Waals surface area contributed by atoms with E-state index in [9.17, 15) is 9.59 Å². The second-order valence-corrected chi connectivity index (χ2v) is 17.1. The van der Waals surface area contributed by atoms with Gasteiger partial charge >= 0.3 is 11.9 Å². The van der Waals surface area contributed by atoms with E-state index in [0.717, 1.165) is 48.2 Å². The van der Waals surface area contributed by atoms with E-state index < -0.39 is 0 Å². The van der Waals surface area contributed by atoms with Gasteiger partial charge < -0.3 is 18.4 Å². The Bertz CT molecular complexity index is 833. The molecule has 0 aliphatic rings. The van der Waals surface area contributed by atoms with Crippen LogP contribution in [0.25, 0.3) is 0 Å². The lowest BCUT2D eigenvalue weighted by Crippen LogP contribution is -2.56. The third-order valence-corrected chi connectivity index (χ3v) is 11.8. The second kappa shape index (κ2) is 38.2. The third kappa shape index (κ3) is 34.8. The lowest BCUT2D eigenvalue weighted by Gasteiger charge is -2.40. The average molecular weight is 763 g/mol. The first-order valence-electron chi connectivity index (χ1n) is 23.3. The van der Waals surface area contributed by atoms with Crippen molar-refractivity contribution in [3.8, 4) is 0 Å². The van der Waals surface area contributed by atoms with Crippen LogP contribution in [0.4, 0.5) is 0 Å². The maximum Gasteiger partial charge on any atom is 0.311 e. The third-order valence-electron chi connectivity index (χ3n) is 11.8. The van der Waals surface area contributed by atoms with Gasteiger partial charge in [-0.25, -0.2) is 0 Å². The molecule has 318 valence electrons. The van der Waals surface area contributed by atoms with Crippen molar-refractivity contribution in [1.82, 2.24) is 0 Å². The maximum absolute atomic E-state index is 12.2. The van der Waals surface area contributed by atoms with Crippen LogP contribution in [0.5, 0.6) is 0 Å². The first-order chi connectivity index (χ1) is 26.2. The summed E-state index contributed by atoms with van der Waals surface area (Å²) in [6, 6.07) is 0. The Morgan fingerprint density at radius 3 is 0.907 bits per heavy atom. The molecule has 2 atom stereocenters. The summed E-state index contributed by atoms with van der Waals surface area (Å²) in [5.74, 6) is -0.236. The number of esters is 2. The minimum absolute atomic E-state index is 0.118. The number of carbonyl (C=O) groups excluding carboxylic acids is 2. The van der Waals surface area contributed by atoms with Gasteiger partial charge in [0.2, 0.25) is 0 Å². The van der Waals surface area contributed by atoms with Crippen molar-refractivity contribution in [3.63, 3.8) is 0 Å². The fourth-order valence-electron chi connectivity index (χ4n) is 7.56. The van der Waals surface area contributed by atoms with E-state index in [2.05, 4.69) is 52.2 Å². The van der Waals surface area contributed by atoms with Crippen LogP contribution in [-0.2, 0) is 19.1 Å². The smallest absolute Gasteiger partial charge is 0.311 e. The largest absolute Gasteiger partial charge is 0.469 e. The number of hydrogen-bond donors (Lipinski definition) is 0. The summed E-state index contributed by atoms with van der Waals surface area (Å²) in [6.07, 6.45) is 47.4. The number of unbranched alkanes of at least 4 members (excludes halogenated alkanes) is 24. The molecule has 0 radical (unpaired) electrons. The van der Waals surface area contributed by atoms with E-state index in [1.807, 2.05) is 0 Å². The molecule has 0 saturated heterocycles. The Kier molecular flexibility index (Phi) is 37.1. The fourth-order valence-corrected chi connectivity index (χ4v) is 7.56. The van der Waals surface area contributed by atoms with Gasteiger partial charge in [-0.1, -0.05) is 141 Å². The van der Waals surface area contributed by atoms with Crippen molar-refractivity contribution in [3.05, 3.63) is 24.3 Å². The molecule has 6 nitrogen and oxygen atoms in total. The summed E-state index contributed by atoms with van der Waals surface area (Å²) < 4.78 is 11.8. The molecule has 2 unspecified atom stereocenters. The summed E-state index contributed by atoms with van der Waals surface area (Å²) in [5, 5.41) is 0. The molecule has 0 rings (SSSR count). The molecule has 0 aliphatic heterocycles. The maximum atomic E-state index is 12.2. The van der Waals surface area contributed by atoms with Crippen molar-refractivity contribution >= 4 is 11.9 Å². The van der Waals surface area contributed by atoms with Gasteiger partial charge in [0.05, 0.1) is 67.3 Å². The molecule has 6 heteroatoms. The van der Waals surface area contributed by atoms with Crippen molar-refractivity contribution in [2.24, 2.45) is 0 Å². The zero-order valence-electron chi connectivity index (χ0n) is 37.3. The predicted molar refractivity (Wildman–Crippen MR) is 234 cm³/mol. The Hall–Kier alpha value is -1.66. The molecule has 0 N–H and O–H groups in total. The van der Waals surface area contributed by atoms with Gasteiger partial charge in [0.25, 0.3) is 0 Å². The molecule has 0 amide bonds. The summed E-state index contributed by atoms with van der Waals surface area (Å²) in [6.45, 7) is 10.4. The average Bonchev–Trinajstić information content (AvgIpc) is 3.18. The molecule has 0 spiro atoms. The highest BCUT2D eigenvalue weighted by atomic mass is 16.5. The Balaban J connectivity index is 4.58. The quantitative estimate of drug-likeness (QED) is 0.0269. The van der Waals surface area contributed by atoms with Crippen LogP contribution in [0.2, 0.25) is 0 Å². The van der Waals surface area contributed by atoms with Crippen LogP contribution in [0.1, 0.15) is 206 Å². The van der Waals surface area contributed by atoms with E-state index in [1.54, 1.807) is 0 Å². The monoisotopic (exact) mass is 763 g/mol. The van der Waals surface area contributed by atoms with Crippen LogP contribution >= 0.6 is 0 Å².